The van der Waals surface area contributed by atoms with Crippen molar-refractivity contribution in [2.24, 2.45) is 0 Å². The maximum Gasteiger partial charge on any atom is 0.411 e. The fourth-order valence-electron chi connectivity index (χ4n) is 1.52. The molecule has 0 fully saturated rings. The van der Waals surface area contributed by atoms with E-state index in [1.165, 1.54) is 24.3 Å². The summed E-state index contributed by atoms with van der Waals surface area (Å²) in [5.74, 6) is -5.85. The van der Waals surface area contributed by atoms with E-state index in [0.717, 1.165) is 6.08 Å². The van der Waals surface area contributed by atoms with E-state index in [-0.39, 0.29) is 11.4 Å². The topological polar surface area (TPSA) is 122 Å². The highest BCUT2D eigenvalue weighted by Crippen LogP contribution is 2.40. The minimum absolute atomic E-state index is 0.0811. The van der Waals surface area contributed by atoms with Gasteiger partial charge in [0.15, 0.2) is 10.1 Å². The first-order chi connectivity index (χ1) is 12.3. The van der Waals surface area contributed by atoms with Crippen LogP contribution < -0.4 is 10.1 Å². The van der Waals surface area contributed by atoms with Gasteiger partial charge in [0.25, 0.3) is 0 Å². The first-order valence-electron chi connectivity index (χ1n) is 6.89. The Morgan fingerprint density at radius 2 is 1.74 bits per heavy atom. The van der Waals surface area contributed by atoms with Crippen LogP contribution in [0.15, 0.2) is 36.9 Å². The predicted octanol–water partition coefficient (Wildman–Crippen LogP) is 2.49. The van der Waals surface area contributed by atoms with E-state index >= 15 is 0 Å². The van der Waals surface area contributed by atoms with E-state index in [1.807, 2.05) is 0 Å². The van der Waals surface area contributed by atoms with Crippen molar-refractivity contribution in [2.45, 2.75) is 17.6 Å². The average molecular weight is 414 g/mol. The number of hydrogen-bond acceptors (Lipinski definition) is 7. The molecule has 1 N–H and O–H groups in total. The van der Waals surface area contributed by atoms with Crippen molar-refractivity contribution in [2.75, 3.05) is 11.9 Å². The molecule has 13 heteroatoms. The number of hydrogen-bond donors (Lipinski definition) is 1. The molecule has 0 saturated heterocycles. The first-order valence-corrected chi connectivity index (χ1v) is 8.30. The average Bonchev–Trinajstić information content (AvgIpc) is 2.55. The molecule has 0 unspecified atom stereocenters. The smallest absolute Gasteiger partial charge is 0.411 e. The maximum atomic E-state index is 13.2. The van der Waals surface area contributed by atoms with Crippen LogP contribution in [0.25, 0.3) is 0 Å². The molecule has 0 saturated carbocycles. The van der Waals surface area contributed by atoms with Crippen LogP contribution in [0.5, 0.6) is 5.75 Å². The summed E-state index contributed by atoms with van der Waals surface area (Å²) in [4.78, 5) is 22.4. The van der Waals surface area contributed by atoms with Gasteiger partial charge in [-0.15, -0.1) is 0 Å². The molecule has 27 heavy (non-hydrogen) atoms. The van der Waals surface area contributed by atoms with Crippen molar-refractivity contribution < 1.29 is 49.6 Å². The molecular formula is C14H12F4NO7S-. The maximum absolute atomic E-state index is 13.2. The lowest BCUT2D eigenvalue weighted by Gasteiger charge is -2.28. The van der Waals surface area contributed by atoms with Gasteiger partial charge in [-0.2, -0.15) is 17.6 Å². The molecule has 1 aromatic rings. The number of carbonyl (C=O) groups excluding carboxylic acids is 2. The number of alkyl halides is 4. The second-order valence-electron chi connectivity index (χ2n) is 4.84. The Balaban J connectivity index is 2.56. The fourth-order valence-corrected chi connectivity index (χ4v) is 1.99. The SMILES string of the molecule is C=CC(=O)Oc1ccc(NC(=O)OCCC(F)(F)C(F)(F)S(=O)(=O)[O-])cc1. The molecule has 0 heterocycles. The molecule has 0 aliphatic rings. The Labute approximate surface area is 150 Å². The van der Waals surface area contributed by atoms with E-state index in [4.69, 9.17) is 4.74 Å². The minimum Gasteiger partial charge on any atom is -0.743 e. The predicted molar refractivity (Wildman–Crippen MR) is 81.5 cm³/mol. The summed E-state index contributed by atoms with van der Waals surface area (Å²) in [5, 5.41) is -3.79. The highest BCUT2D eigenvalue weighted by molar-refractivity contribution is 7.86. The fraction of sp³-hybridized carbons (Fsp3) is 0.286. The Morgan fingerprint density at radius 1 is 1.19 bits per heavy atom. The zero-order valence-electron chi connectivity index (χ0n) is 13.3. The minimum atomic E-state index is -6.61. The van der Waals surface area contributed by atoms with E-state index < -0.39 is 46.4 Å². The van der Waals surface area contributed by atoms with E-state index in [9.17, 15) is 40.1 Å². The van der Waals surface area contributed by atoms with Gasteiger partial charge in [-0.05, 0) is 24.3 Å². The Bertz CT molecular complexity index is 809. The van der Waals surface area contributed by atoms with Crippen LogP contribution in [0.2, 0.25) is 0 Å². The molecule has 0 radical (unpaired) electrons. The standard InChI is InChI=1S/C14H13F4NO7S/c1-2-11(20)26-10-5-3-9(4-6-10)19-12(21)25-8-7-13(15,16)14(17,18)27(22,23)24/h2-6H,1,7-8H2,(H,19,21)(H,22,23,24)/p-1. The summed E-state index contributed by atoms with van der Waals surface area (Å²) in [5.41, 5.74) is 0.0811. The van der Waals surface area contributed by atoms with E-state index in [2.05, 4.69) is 16.6 Å². The van der Waals surface area contributed by atoms with Gasteiger partial charge in [-0.1, -0.05) is 6.58 Å². The van der Waals surface area contributed by atoms with Crippen molar-refractivity contribution >= 4 is 27.9 Å². The van der Waals surface area contributed by atoms with Gasteiger partial charge in [-0.25, -0.2) is 18.0 Å². The molecule has 0 aliphatic carbocycles. The van der Waals surface area contributed by atoms with Crippen molar-refractivity contribution in [1.29, 1.82) is 0 Å². The van der Waals surface area contributed by atoms with Gasteiger partial charge in [0.1, 0.15) is 5.75 Å². The van der Waals surface area contributed by atoms with Crippen LogP contribution in [-0.4, -0.2) is 42.8 Å². The molecule has 8 nitrogen and oxygen atoms in total. The molecule has 150 valence electrons. The normalized spacial score (nSPS) is 12.2. The van der Waals surface area contributed by atoms with Crippen molar-refractivity contribution in [1.82, 2.24) is 0 Å². The molecule has 0 atom stereocenters. The number of rotatable bonds is 8. The van der Waals surface area contributed by atoms with E-state index in [1.54, 1.807) is 0 Å². The number of esters is 1. The number of benzene rings is 1. The second-order valence-corrected chi connectivity index (χ2v) is 6.26. The molecule has 1 rings (SSSR count). The summed E-state index contributed by atoms with van der Waals surface area (Å²) in [6.45, 7) is 1.90. The van der Waals surface area contributed by atoms with Gasteiger partial charge in [0.2, 0.25) is 0 Å². The molecule has 1 amide bonds. The zero-order valence-corrected chi connectivity index (χ0v) is 14.1. The highest BCUT2D eigenvalue weighted by Gasteiger charge is 2.61. The molecule has 0 aliphatic heterocycles. The van der Waals surface area contributed by atoms with Crippen molar-refractivity contribution in [3.63, 3.8) is 0 Å². The van der Waals surface area contributed by atoms with Gasteiger partial charge in [0, 0.05) is 11.8 Å². The summed E-state index contributed by atoms with van der Waals surface area (Å²) in [7, 11) is -6.61. The number of anilines is 1. The largest absolute Gasteiger partial charge is 0.743 e. The molecule has 0 aromatic heterocycles. The Morgan fingerprint density at radius 3 is 2.22 bits per heavy atom. The number of amides is 1. The third-order valence-electron chi connectivity index (χ3n) is 2.87. The van der Waals surface area contributed by atoms with Gasteiger partial charge in [0.05, 0.1) is 13.0 Å². The van der Waals surface area contributed by atoms with E-state index in [0.29, 0.717) is 0 Å². The lowest BCUT2D eigenvalue weighted by atomic mass is 10.2. The number of halogens is 4. The summed E-state index contributed by atoms with van der Waals surface area (Å²) in [6.07, 6.45) is -2.29. The van der Waals surface area contributed by atoms with Gasteiger partial charge in [-0.3, -0.25) is 5.32 Å². The molecular weight excluding hydrogens is 402 g/mol. The second kappa shape index (κ2) is 8.35. The van der Waals surface area contributed by atoms with Crippen molar-refractivity contribution in [3.8, 4) is 5.75 Å². The Hall–Kier alpha value is -2.67. The Kier molecular flexibility index (Phi) is 6.92. The molecule has 0 bridgehead atoms. The van der Waals surface area contributed by atoms with Crippen LogP contribution in [0, 0.1) is 0 Å². The number of nitrogens with one attached hydrogen (secondary N) is 1. The number of carbonyl (C=O) groups is 2. The number of ether oxygens (including phenoxy) is 2. The van der Waals surface area contributed by atoms with Crippen LogP contribution in [0.1, 0.15) is 6.42 Å². The van der Waals surface area contributed by atoms with Crippen LogP contribution >= 0.6 is 0 Å². The third kappa shape index (κ3) is 5.92. The highest BCUT2D eigenvalue weighted by atomic mass is 32.2. The quantitative estimate of drug-likeness (QED) is 0.228. The zero-order chi connectivity index (χ0) is 20.9. The van der Waals surface area contributed by atoms with Crippen LogP contribution in [-0.2, 0) is 19.6 Å². The third-order valence-corrected chi connectivity index (χ3v) is 3.80. The first kappa shape index (κ1) is 22.4. The summed E-state index contributed by atoms with van der Waals surface area (Å²) >= 11 is 0. The van der Waals surface area contributed by atoms with Crippen molar-refractivity contribution in [3.05, 3.63) is 36.9 Å². The lowest BCUT2D eigenvalue weighted by Crippen LogP contribution is -2.47. The lowest BCUT2D eigenvalue weighted by molar-refractivity contribution is -0.168. The molecule has 0 spiro atoms. The monoisotopic (exact) mass is 414 g/mol. The van der Waals surface area contributed by atoms with Crippen LogP contribution in [0.3, 0.4) is 0 Å². The van der Waals surface area contributed by atoms with Gasteiger partial charge < -0.3 is 14.0 Å². The summed E-state index contributed by atoms with van der Waals surface area (Å²) < 4.78 is 91.7. The summed E-state index contributed by atoms with van der Waals surface area (Å²) in [6, 6.07) is 5.04. The van der Waals surface area contributed by atoms with Gasteiger partial charge >= 0.3 is 23.2 Å². The van der Waals surface area contributed by atoms with Crippen LogP contribution in [0.4, 0.5) is 28.0 Å². The molecule has 1 aromatic carbocycles.